The van der Waals surface area contributed by atoms with Crippen LogP contribution < -0.4 is 9.47 Å². The molecule has 1 aromatic carbocycles. The Morgan fingerprint density at radius 3 is 2.78 bits per heavy atom. The minimum absolute atomic E-state index is 0.0512. The molecule has 0 fully saturated rings. The standard InChI is InChI=1S/C23H21N5O3S/c1-14-9-18(15(2)28(14)11-16-3-4-20-21(10-16)31-13-30-20)19(29)12-32-23-25-22(26-27-23)17-5-7-24-8-6-17/h3-10H,11-13H2,1-2H3,(H,25,26,27). The molecule has 0 aliphatic carbocycles. The lowest BCUT2D eigenvalue weighted by Crippen LogP contribution is -2.07. The van der Waals surface area contributed by atoms with Crippen LogP contribution in [0.3, 0.4) is 0 Å². The fourth-order valence-corrected chi connectivity index (χ4v) is 4.39. The second kappa shape index (κ2) is 8.51. The Labute approximate surface area is 189 Å². The molecule has 9 heteroatoms. The molecule has 4 aromatic rings. The summed E-state index contributed by atoms with van der Waals surface area (Å²) in [4.78, 5) is 21.4. The van der Waals surface area contributed by atoms with Gasteiger partial charge in [-0.15, -0.1) is 5.10 Å². The van der Waals surface area contributed by atoms with E-state index in [9.17, 15) is 4.79 Å². The maximum absolute atomic E-state index is 12.9. The van der Waals surface area contributed by atoms with Crippen LogP contribution in [0.15, 0.2) is 53.9 Å². The third-order valence-corrected chi connectivity index (χ3v) is 6.25. The molecule has 162 valence electrons. The Morgan fingerprint density at radius 1 is 1.12 bits per heavy atom. The number of Topliss-reactive ketones (excluding diaryl/α,β-unsaturated/α-hetero) is 1. The first-order chi connectivity index (χ1) is 15.6. The molecule has 0 unspecified atom stereocenters. The first-order valence-electron chi connectivity index (χ1n) is 10.1. The molecule has 0 radical (unpaired) electrons. The lowest BCUT2D eigenvalue weighted by molar-refractivity contribution is 0.102. The molecule has 0 saturated heterocycles. The smallest absolute Gasteiger partial charge is 0.231 e. The van der Waals surface area contributed by atoms with Crippen molar-refractivity contribution in [1.29, 1.82) is 0 Å². The van der Waals surface area contributed by atoms with Gasteiger partial charge in [0.25, 0.3) is 0 Å². The van der Waals surface area contributed by atoms with E-state index in [1.54, 1.807) is 12.4 Å². The van der Waals surface area contributed by atoms with Crippen LogP contribution >= 0.6 is 11.8 Å². The van der Waals surface area contributed by atoms with E-state index in [0.717, 1.165) is 39.6 Å². The monoisotopic (exact) mass is 447 g/mol. The molecule has 4 heterocycles. The number of fused-ring (bicyclic) bond motifs is 1. The number of aromatic amines is 1. The van der Waals surface area contributed by atoms with Crippen LogP contribution in [0.4, 0.5) is 0 Å². The number of carbonyl (C=O) groups excluding carboxylic acids is 1. The molecule has 0 amide bonds. The zero-order valence-electron chi connectivity index (χ0n) is 17.7. The minimum Gasteiger partial charge on any atom is -0.454 e. The van der Waals surface area contributed by atoms with Gasteiger partial charge in [-0.05, 0) is 49.7 Å². The molecule has 3 aromatic heterocycles. The Bertz CT molecular complexity index is 1280. The predicted octanol–water partition coefficient (Wildman–Crippen LogP) is 4.04. The summed E-state index contributed by atoms with van der Waals surface area (Å²) in [6.07, 6.45) is 3.40. The van der Waals surface area contributed by atoms with Gasteiger partial charge < -0.3 is 14.0 Å². The van der Waals surface area contributed by atoms with Crippen LogP contribution in [-0.4, -0.2) is 43.1 Å². The number of ketones is 1. The number of hydrogen-bond donors (Lipinski definition) is 1. The maximum Gasteiger partial charge on any atom is 0.231 e. The summed E-state index contributed by atoms with van der Waals surface area (Å²) in [5.41, 5.74) is 4.69. The van der Waals surface area contributed by atoms with Crippen LogP contribution in [0.1, 0.15) is 27.3 Å². The van der Waals surface area contributed by atoms with Crippen molar-refractivity contribution in [2.45, 2.75) is 25.5 Å². The number of nitrogens with zero attached hydrogens (tertiary/aromatic N) is 4. The Hall–Kier alpha value is -3.59. The average molecular weight is 448 g/mol. The van der Waals surface area contributed by atoms with E-state index in [-0.39, 0.29) is 18.3 Å². The Kier molecular flexibility index (Phi) is 5.40. The Morgan fingerprint density at radius 2 is 1.94 bits per heavy atom. The highest BCUT2D eigenvalue weighted by Gasteiger charge is 2.19. The van der Waals surface area contributed by atoms with E-state index >= 15 is 0 Å². The first-order valence-corrected chi connectivity index (χ1v) is 11.1. The van der Waals surface area contributed by atoms with E-state index in [0.29, 0.717) is 17.5 Å². The van der Waals surface area contributed by atoms with Crippen molar-refractivity contribution < 1.29 is 14.3 Å². The van der Waals surface area contributed by atoms with Gasteiger partial charge in [-0.1, -0.05) is 17.8 Å². The zero-order valence-corrected chi connectivity index (χ0v) is 18.5. The van der Waals surface area contributed by atoms with Gasteiger partial charge in [0.2, 0.25) is 11.9 Å². The summed E-state index contributed by atoms with van der Waals surface area (Å²) < 4.78 is 13.0. The number of pyridine rings is 1. The molecule has 1 aliphatic heterocycles. The van der Waals surface area contributed by atoms with E-state index in [2.05, 4.69) is 24.7 Å². The van der Waals surface area contributed by atoms with Crippen LogP contribution in [0, 0.1) is 13.8 Å². The molecule has 32 heavy (non-hydrogen) atoms. The van der Waals surface area contributed by atoms with Crippen molar-refractivity contribution in [2.75, 3.05) is 12.5 Å². The van der Waals surface area contributed by atoms with Gasteiger partial charge in [-0.3, -0.25) is 14.9 Å². The highest BCUT2D eigenvalue weighted by molar-refractivity contribution is 7.99. The molecular formula is C23H21N5O3S. The first kappa shape index (κ1) is 20.3. The number of H-pyrrole nitrogens is 1. The molecule has 0 bridgehead atoms. The zero-order chi connectivity index (χ0) is 22.1. The van der Waals surface area contributed by atoms with E-state index in [1.165, 1.54) is 11.8 Å². The van der Waals surface area contributed by atoms with Gasteiger partial charge in [0, 0.05) is 41.5 Å². The summed E-state index contributed by atoms with van der Waals surface area (Å²) in [6, 6.07) is 11.6. The number of ether oxygens (including phenoxy) is 2. The van der Waals surface area contributed by atoms with E-state index in [4.69, 9.17) is 9.47 Å². The Balaban J connectivity index is 1.27. The topological polar surface area (TPSA) is 94.9 Å². The molecular weight excluding hydrogens is 426 g/mol. The molecule has 0 atom stereocenters. The van der Waals surface area contributed by atoms with E-state index < -0.39 is 0 Å². The van der Waals surface area contributed by atoms with Crippen molar-refractivity contribution in [3.05, 3.63) is 71.3 Å². The van der Waals surface area contributed by atoms with Crippen LogP contribution in [0.5, 0.6) is 11.5 Å². The van der Waals surface area contributed by atoms with Gasteiger partial charge >= 0.3 is 0 Å². The molecule has 8 nitrogen and oxygen atoms in total. The summed E-state index contributed by atoms with van der Waals surface area (Å²) >= 11 is 1.32. The fraction of sp³-hybridized carbons (Fsp3) is 0.217. The number of aromatic nitrogens is 5. The largest absolute Gasteiger partial charge is 0.454 e. The molecule has 1 N–H and O–H groups in total. The SMILES string of the molecule is Cc1cc(C(=O)CSc2n[nH]c(-c3ccncc3)n2)c(C)n1Cc1ccc2c(c1)OCO2. The second-order valence-corrected chi connectivity index (χ2v) is 8.42. The number of aryl methyl sites for hydroxylation is 1. The van der Waals surface area contributed by atoms with E-state index in [1.807, 2.05) is 50.2 Å². The van der Waals surface area contributed by atoms with Crippen molar-refractivity contribution in [3.8, 4) is 22.9 Å². The summed E-state index contributed by atoms with van der Waals surface area (Å²) in [5.74, 6) is 2.50. The normalized spacial score (nSPS) is 12.3. The summed E-state index contributed by atoms with van der Waals surface area (Å²) in [6.45, 7) is 4.91. The van der Waals surface area contributed by atoms with Gasteiger partial charge in [-0.2, -0.15) is 0 Å². The summed E-state index contributed by atoms with van der Waals surface area (Å²) in [7, 11) is 0. The van der Waals surface area contributed by atoms with Crippen LogP contribution in [0.25, 0.3) is 11.4 Å². The van der Waals surface area contributed by atoms with Crippen molar-refractivity contribution >= 4 is 17.5 Å². The summed E-state index contributed by atoms with van der Waals surface area (Å²) in [5, 5.41) is 7.67. The van der Waals surface area contributed by atoms with Crippen LogP contribution in [0.2, 0.25) is 0 Å². The van der Waals surface area contributed by atoms with Crippen molar-refractivity contribution in [3.63, 3.8) is 0 Å². The third kappa shape index (κ3) is 3.99. The lowest BCUT2D eigenvalue weighted by atomic mass is 10.1. The average Bonchev–Trinajstić information content (AvgIpc) is 3.54. The minimum atomic E-state index is 0.0512. The molecule has 0 saturated carbocycles. The van der Waals surface area contributed by atoms with Crippen molar-refractivity contribution in [1.82, 2.24) is 24.7 Å². The second-order valence-electron chi connectivity index (χ2n) is 7.47. The number of thioether (sulfide) groups is 1. The number of hydrogen-bond acceptors (Lipinski definition) is 7. The van der Waals surface area contributed by atoms with Crippen molar-refractivity contribution in [2.24, 2.45) is 0 Å². The number of carbonyl (C=O) groups is 1. The number of nitrogens with one attached hydrogen (secondary N) is 1. The lowest BCUT2D eigenvalue weighted by Gasteiger charge is -2.10. The van der Waals surface area contributed by atoms with Gasteiger partial charge in [0.15, 0.2) is 23.1 Å². The van der Waals surface area contributed by atoms with Gasteiger partial charge in [-0.25, -0.2) is 4.98 Å². The predicted molar refractivity (Wildman–Crippen MR) is 120 cm³/mol. The molecule has 5 rings (SSSR count). The molecule has 0 spiro atoms. The van der Waals surface area contributed by atoms with Crippen LogP contribution in [-0.2, 0) is 6.54 Å². The maximum atomic E-state index is 12.9. The third-order valence-electron chi connectivity index (χ3n) is 5.40. The molecule has 1 aliphatic rings. The number of rotatable bonds is 7. The van der Waals surface area contributed by atoms with Gasteiger partial charge in [0.05, 0.1) is 5.75 Å². The highest BCUT2D eigenvalue weighted by Crippen LogP contribution is 2.33. The van der Waals surface area contributed by atoms with Gasteiger partial charge in [0.1, 0.15) is 0 Å². The fourth-order valence-electron chi connectivity index (χ4n) is 3.71. The highest BCUT2D eigenvalue weighted by atomic mass is 32.2. The number of benzene rings is 1. The quantitative estimate of drug-likeness (QED) is 0.337.